The molecule has 6 nitrogen and oxygen atoms in total. The van der Waals surface area contributed by atoms with E-state index in [0.717, 1.165) is 12.0 Å². The molecule has 1 aliphatic rings. The molecule has 3 amide bonds. The minimum Gasteiger partial charge on any atom is -0.348 e. The highest BCUT2D eigenvalue weighted by atomic mass is 16.2. The third kappa shape index (κ3) is 4.12. The quantitative estimate of drug-likeness (QED) is 0.723. The number of carbonyl (C=O) groups is 3. The Balaban J connectivity index is 1.78. The highest BCUT2D eigenvalue weighted by Gasteiger charge is 2.36. The number of hydrogen-bond acceptors (Lipinski definition) is 4. The van der Waals surface area contributed by atoms with Crippen LogP contribution in [0, 0.1) is 5.92 Å². The van der Waals surface area contributed by atoms with Crippen LogP contribution in [0.4, 0.5) is 0 Å². The van der Waals surface area contributed by atoms with Crippen molar-refractivity contribution in [1.82, 2.24) is 10.2 Å². The molecule has 0 bridgehead atoms. The number of nitrogens with two attached hydrogens (primary N) is 1. The van der Waals surface area contributed by atoms with E-state index in [9.17, 15) is 14.4 Å². The average molecular weight is 379 g/mol. The molecule has 1 unspecified atom stereocenters. The molecule has 0 saturated heterocycles. The normalized spacial score (nSPS) is 14.4. The van der Waals surface area contributed by atoms with Gasteiger partial charge in [-0.3, -0.25) is 19.3 Å². The molecule has 1 atom stereocenters. The summed E-state index contributed by atoms with van der Waals surface area (Å²) in [5, 5.41) is 2.91. The molecule has 28 heavy (non-hydrogen) atoms. The molecule has 0 saturated carbocycles. The summed E-state index contributed by atoms with van der Waals surface area (Å²) >= 11 is 0. The van der Waals surface area contributed by atoms with E-state index in [1.54, 1.807) is 12.1 Å². The number of nitrogens with one attached hydrogen (secondary N) is 1. The lowest BCUT2D eigenvalue weighted by Gasteiger charge is -2.19. The Morgan fingerprint density at radius 2 is 1.71 bits per heavy atom. The molecule has 0 fully saturated rings. The lowest BCUT2D eigenvalue weighted by molar-refractivity contribution is 0.0642. The van der Waals surface area contributed by atoms with Crippen LogP contribution in [0.5, 0.6) is 0 Å². The summed E-state index contributed by atoms with van der Waals surface area (Å²) in [5.41, 5.74) is 7.56. The van der Waals surface area contributed by atoms with Gasteiger partial charge in [0.05, 0.1) is 17.7 Å². The number of nitrogens with zero attached hydrogens (tertiary/aromatic N) is 1. The van der Waals surface area contributed by atoms with Crippen LogP contribution in [0.3, 0.4) is 0 Å². The van der Waals surface area contributed by atoms with Crippen molar-refractivity contribution in [2.45, 2.75) is 32.9 Å². The Morgan fingerprint density at radius 1 is 1.04 bits per heavy atom. The largest absolute Gasteiger partial charge is 0.348 e. The van der Waals surface area contributed by atoms with Crippen molar-refractivity contribution in [2.24, 2.45) is 11.7 Å². The zero-order chi connectivity index (χ0) is 20.3. The fourth-order valence-corrected chi connectivity index (χ4v) is 3.39. The van der Waals surface area contributed by atoms with E-state index in [1.807, 2.05) is 30.3 Å². The van der Waals surface area contributed by atoms with E-state index in [0.29, 0.717) is 23.6 Å². The Hall–Kier alpha value is -2.99. The zero-order valence-corrected chi connectivity index (χ0v) is 16.1. The molecular weight excluding hydrogens is 354 g/mol. The summed E-state index contributed by atoms with van der Waals surface area (Å²) in [6.45, 7) is 4.68. The fourth-order valence-electron chi connectivity index (χ4n) is 3.39. The molecule has 1 aliphatic heterocycles. The van der Waals surface area contributed by atoms with E-state index >= 15 is 0 Å². The van der Waals surface area contributed by atoms with E-state index in [1.165, 1.54) is 11.0 Å². The molecule has 0 aliphatic carbocycles. The second-order valence-corrected chi connectivity index (χ2v) is 7.48. The lowest BCUT2D eigenvalue weighted by atomic mass is 10.0. The topological polar surface area (TPSA) is 92.5 Å². The molecule has 3 N–H and O–H groups in total. The minimum absolute atomic E-state index is 0.132. The van der Waals surface area contributed by atoms with Gasteiger partial charge in [-0.15, -0.1) is 0 Å². The molecule has 0 spiro atoms. The number of amides is 3. The first-order valence-electron chi connectivity index (χ1n) is 9.45. The van der Waals surface area contributed by atoms with E-state index in [2.05, 4.69) is 19.2 Å². The maximum Gasteiger partial charge on any atom is 0.261 e. The first kappa shape index (κ1) is 19.8. The molecule has 146 valence electrons. The smallest absolute Gasteiger partial charge is 0.261 e. The maximum absolute atomic E-state index is 12.8. The van der Waals surface area contributed by atoms with Crippen LogP contribution >= 0.6 is 0 Å². The van der Waals surface area contributed by atoms with E-state index < -0.39 is 0 Å². The molecule has 3 rings (SSSR count). The maximum atomic E-state index is 12.8. The Morgan fingerprint density at radius 3 is 2.36 bits per heavy atom. The Labute approximate surface area is 164 Å². The number of fused-ring (bicyclic) bond motifs is 1. The zero-order valence-electron chi connectivity index (χ0n) is 16.1. The van der Waals surface area contributed by atoms with Crippen LogP contribution < -0.4 is 11.1 Å². The minimum atomic E-state index is -0.379. The second kappa shape index (κ2) is 8.35. The standard InChI is InChI=1S/C22H25N3O3/c1-14(2)10-17(12-23)24-20(26)16-8-9-18-19(11-16)22(28)25(21(18)27)13-15-6-4-3-5-7-15/h3-9,11,14,17H,10,12-13,23H2,1-2H3,(H,24,26). The molecule has 6 heteroatoms. The molecule has 0 aromatic heterocycles. The fraction of sp³-hybridized carbons (Fsp3) is 0.318. The van der Waals surface area contributed by atoms with E-state index in [4.69, 9.17) is 5.73 Å². The molecule has 1 heterocycles. The van der Waals surface area contributed by atoms with Crippen LogP contribution in [-0.2, 0) is 6.54 Å². The highest BCUT2D eigenvalue weighted by Crippen LogP contribution is 2.25. The third-order valence-corrected chi connectivity index (χ3v) is 4.79. The third-order valence-electron chi connectivity index (χ3n) is 4.79. The van der Waals surface area contributed by atoms with Gasteiger partial charge in [0.15, 0.2) is 0 Å². The summed E-state index contributed by atoms with van der Waals surface area (Å²) in [6, 6.07) is 13.8. The average Bonchev–Trinajstić information content (AvgIpc) is 2.92. The van der Waals surface area contributed by atoms with Gasteiger partial charge in [-0.1, -0.05) is 44.2 Å². The molecule has 2 aromatic carbocycles. The SMILES string of the molecule is CC(C)CC(CN)NC(=O)c1ccc2c(c1)C(=O)N(Cc1ccccc1)C2=O. The number of hydrogen-bond donors (Lipinski definition) is 2. The van der Waals surface area contributed by atoms with Crippen LogP contribution in [0.2, 0.25) is 0 Å². The van der Waals surface area contributed by atoms with Crippen LogP contribution in [0.25, 0.3) is 0 Å². The number of carbonyl (C=O) groups excluding carboxylic acids is 3. The Bertz CT molecular complexity index is 893. The van der Waals surface area contributed by atoms with Gasteiger partial charge in [-0.2, -0.15) is 0 Å². The van der Waals surface area contributed by atoms with Crippen molar-refractivity contribution in [3.8, 4) is 0 Å². The van der Waals surface area contributed by atoms with Gasteiger partial charge in [-0.05, 0) is 36.1 Å². The van der Waals surface area contributed by atoms with Crippen LogP contribution in [0.15, 0.2) is 48.5 Å². The summed E-state index contributed by atoms with van der Waals surface area (Å²) in [6.07, 6.45) is 0.773. The summed E-state index contributed by atoms with van der Waals surface area (Å²) in [5.74, 6) is -0.605. The van der Waals surface area contributed by atoms with Crippen molar-refractivity contribution in [1.29, 1.82) is 0 Å². The van der Waals surface area contributed by atoms with Gasteiger partial charge in [0, 0.05) is 18.2 Å². The van der Waals surface area contributed by atoms with Crippen molar-refractivity contribution in [2.75, 3.05) is 6.54 Å². The highest BCUT2D eigenvalue weighted by molar-refractivity contribution is 6.22. The summed E-state index contributed by atoms with van der Waals surface area (Å²) < 4.78 is 0. The van der Waals surface area contributed by atoms with Gasteiger partial charge in [0.2, 0.25) is 0 Å². The Kier molecular flexibility index (Phi) is 5.90. The molecule has 0 radical (unpaired) electrons. The predicted molar refractivity (Wildman–Crippen MR) is 107 cm³/mol. The number of benzene rings is 2. The van der Waals surface area contributed by atoms with Crippen molar-refractivity contribution in [3.63, 3.8) is 0 Å². The monoisotopic (exact) mass is 379 g/mol. The predicted octanol–water partition coefficient (Wildman–Crippen LogP) is 2.59. The van der Waals surface area contributed by atoms with Gasteiger partial charge in [0.1, 0.15) is 0 Å². The van der Waals surface area contributed by atoms with Crippen molar-refractivity contribution in [3.05, 3.63) is 70.8 Å². The van der Waals surface area contributed by atoms with Crippen LogP contribution in [-0.4, -0.2) is 35.2 Å². The van der Waals surface area contributed by atoms with Crippen LogP contribution in [0.1, 0.15) is 56.9 Å². The van der Waals surface area contributed by atoms with Crippen molar-refractivity contribution < 1.29 is 14.4 Å². The first-order chi connectivity index (χ1) is 13.4. The molecular formula is C22H25N3O3. The summed E-state index contributed by atoms with van der Waals surface area (Å²) in [4.78, 5) is 39.2. The van der Waals surface area contributed by atoms with Crippen molar-refractivity contribution >= 4 is 17.7 Å². The number of imide groups is 1. The van der Waals surface area contributed by atoms with E-state index in [-0.39, 0.29) is 35.9 Å². The summed E-state index contributed by atoms with van der Waals surface area (Å²) in [7, 11) is 0. The first-order valence-corrected chi connectivity index (χ1v) is 9.45. The number of rotatable bonds is 7. The van der Waals surface area contributed by atoms with Gasteiger partial charge in [0.25, 0.3) is 17.7 Å². The lowest BCUT2D eigenvalue weighted by Crippen LogP contribution is -2.41. The van der Waals surface area contributed by atoms with Gasteiger partial charge in [-0.25, -0.2) is 0 Å². The van der Waals surface area contributed by atoms with Gasteiger partial charge < -0.3 is 11.1 Å². The molecule has 2 aromatic rings. The van der Waals surface area contributed by atoms with Gasteiger partial charge >= 0.3 is 0 Å². The second-order valence-electron chi connectivity index (χ2n) is 7.48.